The maximum Gasteiger partial charge on any atom is 0.416 e. The minimum Gasteiger partial charge on any atom is -0.395 e. The average Bonchev–Trinajstić information content (AvgIpc) is 3.19. The highest BCUT2D eigenvalue weighted by molar-refractivity contribution is 6.00. The number of nitrogens with zero attached hydrogens (tertiary/aromatic N) is 3. The summed E-state index contributed by atoms with van der Waals surface area (Å²) in [5, 5.41) is 21.0. The number of aromatic nitrogens is 3. The number of anilines is 3. The molecule has 4 aromatic rings. The van der Waals surface area contributed by atoms with Crippen molar-refractivity contribution < 1.29 is 27.5 Å². The van der Waals surface area contributed by atoms with E-state index >= 15 is 0 Å². The molecule has 0 bridgehead atoms. The van der Waals surface area contributed by atoms with Crippen LogP contribution >= 0.6 is 0 Å². The smallest absolute Gasteiger partial charge is 0.395 e. The topological polar surface area (TPSA) is 130 Å². The largest absolute Gasteiger partial charge is 0.416 e. The predicted octanol–water partition coefficient (Wildman–Crippen LogP) is 3.86. The van der Waals surface area contributed by atoms with Crippen molar-refractivity contribution in [1.82, 2.24) is 19.9 Å². The first-order chi connectivity index (χ1) is 17.2. The molecular formula is C23H21F4N7O2. The Hall–Kier alpha value is -4.23. The molecule has 0 unspecified atom stereocenters. The lowest BCUT2D eigenvalue weighted by atomic mass is 10.1. The third-order valence-electron chi connectivity index (χ3n) is 5.19. The van der Waals surface area contributed by atoms with Crippen LogP contribution in [0.3, 0.4) is 0 Å². The molecular weight excluding hydrogens is 482 g/mol. The van der Waals surface area contributed by atoms with Crippen molar-refractivity contribution in [2.45, 2.75) is 12.7 Å². The second-order valence-corrected chi connectivity index (χ2v) is 7.74. The third-order valence-corrected chi connectivity index (χ3v) is 5.19. The number of nitrogens with one attached hydrogen (secondary N) is 3. The van der Waals surface area contributed by atoms with Crippen LogP contribution in [0.5, 0.6) is 0 Å². The van der Waals surface area contributed by atoms with E-state index in [1.165, 1.54) is 6.33 Å². The van der Waals surface area contributed by atoms with Gasteiger partial charge in [-0.15, -0.1) is 0 Å². The summed E-state index contributed by atoms with van der Waals surface area (Å²) in [5.41, 5.74) is 7.74. The number of hydrogen-bond acceptors (Lipinski definition) is 6. The predicted molar refractivity (Wildman–Crippen MR) is 126 cm³/mol. The summed E-state index contributed by atoms with van der Waals surface area (Å²) >= 11 is 0. The second-order valence-electron chi connectivity index (χ2n) is 7.74. The zero-order valence-corrected chi connectivity index (χ0v) is 18.6. The number of urea groups is 1. The fraction of sp³-hybridized carbons (Fsp3) is 0.174. The molecule has 13 heteroatoms. The number of benzene rings is 2. The second kappa shape index (κ2) is 10.2. The molecule has 0 aliphatic rings. The van der Waals surface area contributed by atoms with Crippen molar-refractivity contribution >= 4 is 28.7 Å². The van der Waals surface area contributed by atoms with E-state index in [1.54, 1.807) is 28.8 Å². The van der Waals surface area contributed by atoms with Gasteiger partial charge in [0.2, 0.25) is 0 Å². The maximum absolute atomic E-state index is 13.6. The van der Waals surface area contributed by atoms with E-state index < -0.39 is 23.6 Å². The number of rotatable bonds is 7. The normalized spacial score (nSPS) is 11.6. The SMILES string of the molecule is Nc1ncnn2c(CNCCO)cc(-c3ccc(NC(=O)Nc4cc(F)cc(C(F)(F)F)c4)cc3)c12. The number of aliphatic hydroxyl groups is 1. The molecule has 2 aromatic heterocycles. The van der Waals surface area contributed by atoms with Crippen molar-refractivity contribution in [3.05, 3.63) is 71.9 Å². The zero-order chi connectivity index (χ0) is 25.9. The molecule has 0 saturated carbocycles. The van der Waals surface area contributed by atoms with Crippen LogP contribution in [0.25, 0.3) is 16.6 Å². The number of hydrogen-bond donors (Lipinski definition) is 5. The lowest BCUT2D eigenvalue weighted by Gasteiger charge is -2.11. The first-order valence-electron chi connectivity index (χ1n) is 10.6. The first kappa shape index (κ1) is 24.9. The Morgan fingerprint density at radius 3 is 2.47 bits per heavy atom. The molecule has 0 spiro atoms. The maximum atomic E-state index is 13.6. The van der Waals surface area contributed by atoms with E-state index in [0.29, 0.717) is 36.4 Å². The summed E-state index contributed by atoms with van der Waals surface area (Å²) in [6.45, 7) is 0.810. The summed E-state index contributed by atoms with van der Waals surface area (Å²) in [4.78, 5) is 16.3. The third kappa shape index (κ3) is 5.53. The highest BCUT2D eigenvalue weighted by atomic mass is 19.4. The Morgan fingerprint density at radius 1 is 1.06 bits per heavy atom. The van der Waals surface area contributed by atoms with Crippen LogP contribution in [0.1, 0.15) is 11.3 Å². The van der Waals surface area contributed by atoms with Crippen LogP contribution in [-0.4, -0.2) is 38.9 Å². The van der Waals surface area contributed by atoms with Gasteiger partial charge < -0.3 is 26.8 Å². The molecule has 4 rings (SSSR count). The van der Waals surface area contributed by atoms with Gasteiger partial charge in [0, 0.05) is 30.0 Å². The number of carbonyl (C=O) groups excluding carboxylic acids is 1. The summed E-state index contributed by atoms with van der Waals surface area (Å²) in [5.74, 6) is -0.859. The lowest BCUT2D eigenvalue weighted by molar-refractivity contribution is -0.137. The van der Waals surface area contributed by atoms with Crippen LogP contribution < -0.4 is 21.7 Å². The summed E-state index contributed by atoms with van der Waals surface area (Å²) in [7, 11) is 0. The van der Waals surface area contributed by atoms with Crippen molar-refractivity contribution in [3.63, 3.8) is 0 Å². The number of nitrogens with two attached hydrogens (primary N) is 1. The van der Waals surface area contributed by atoms with Gasteiger partial charge in [-0.05, 0) is 42.0 Å². The number of alkyl halides is 3. The van der Waals surface area contributed by atoms with Gasteiger partial charge in [-0.3, -0.25) is 0 Å². The minimum atomic E-state index is -4.75. The monoisotopic (exact) mass is 503 g/mol. The molecule has 0 fully saturated rings. The standard InChI is InChI=1S/C23H21F4N7O2/c24-15-7-14(23(25,26)27)8-17(9-15)33-22(36)32-16-3-1-13(2-4-16)19-10-18(11-29-5-6-35)34-20(19)21(28)30-12-31-34/h1-4,7-10,12,29,35H,5-6,11H2,(H2,28,30,31)(H2,32,33,36). The van der Waals surface area contributed by atoms with Gasteiger partial charge in [0.25, 0.3) is 0 Å². The molecule has 0 aliphatic heterocycles. The molecule has 0 radical (unpaired) electrons. The molecule has 2 heterocycles. The molecule has 36 heavy (non-hydrogen) atoms. The van der Waals surface area contributed by atoms with Crippen LogP contribution in [0.4, 0.5) is 39.5 Å². The molecule has 0 saturated heterocycles. The number of carbonyl (C=O) groups is 1. The van der Waals surface area contributed by atoms with Crippen LogP contribution in [0.2, 0.25) is 0 Å². The Morgan fingerprint density at radius 2 is 1.78 bits per heavy atom. The Labute approximate surface area is 202 Å². The van der Waals surface area contributed by atoms with E-state index in [2.05, 4.69) is 26.0 Å². The highest BCUT2D eigenvalue weighted by Crippen LogP contribution is 2.32. The van der Waals surface area contributed by atoms with E-state index in [0.717, 1.165) is 22.9 Å². The lowest BCUT2D eigenvalue weighted by Crippen LogP contribution is -2.20. The fourth-order valence-corrected chi connectivity index (χ4v) is 3.63. The number of fused-ring (bicyclic) bond motifs is 1. The molecule has 0 aliphatic carbocycles. The fourth-order valence-electron chi connectivity index (χ4n) is 3.63. The van der Waals surface area contributed by atoms with Crippen molar-refractivity contribution in [1.29, 1.82) is 0 Å². The molecule has 2 aromatic carbocycles. The van der Waals surface area contributed by atoms with E-state index in [4.69, 9.17) is 10.8 Å². The molecule has 2 amide bonds. The molecule has 0 atom stereocenters. The number of aliphatic hydroxyl groups excluding tert-OH is 1. The van der Waals surface area contributed by atoms with Crippen LogP contribution in [0.15, 0.2) is 54.9 Å². The van der Waals surface area contributed by atoms with E-state index in [9.17, 15) is 22.4 Å². The highest BCUT2D eigenvalue weighted by Gasteiger charge is 2.31. The van der Waals surface area contributed by atoms with Gasteiger partial charge in [-0.1, -0.05) is 12.1 Å². The van der Waals surface area contributed by atoms with Gasteiger partial charge in [0.1, 0.15) is 17.7 Å². The Kier molecular flexibility index (Phi) is 7.03. The molecule has 6 N–H and O–H groups in total. The van der Waals surface area contributed by atoms with E-state index in [1.807, 2.05) is 6.07 Å². The average molecular weight is 503 g/mol. The van der Waals surface area contributed by atoms with Crippen molar-refractivity contribution in [2.24, 2.45) is 0 Å². The summed E-state index contributed by atoms with van der Waals surface area (Å²) in [6.07, 6.45) is -3.42. The molecule has 188 valence electrons. The first-order valence-corrected chi connectivity index (χ1v) is 10.6. The number of amides is 2. The van der Waals surface area contributed by atoms with Crippen molar-refractivity contribution in [2.75, 3.05) is 29.5 Å². The minimum absolute atomic E-state index is 0.0158. The van der Waals surface area contributed by atoms with Crippen LogP contribution in [0, 0.1) is 5.82 Å². The Balaban J connectivity index is 1.52. The van der Waals surface area contributed by atoms with Gasteiger partial charge in [0.05, 0.1) is 17.9 Å². The quantitative estimate of drug-likeness (QED) is 0.192. The number of nitrogen functional groups attached to an aromatic ring is 1. The van der Waals surface area contributed by atoms with Crippen LogP contribution in [-0.2, 0) is 12.7 Å². The van der Waals surface area contributed by atoms with E-state index in [-0.39, 0.29) is 18.1 Å². The summed E-state index contributed by atoms with van der Waals surface area (Å²) < 4.78 is 53.9. The molecule has 9 nitrogen and oxygen atoms in total. The van der Waals surface area contributed by atoms with Crippen molar-refractivity contribution in [3.8, 4) is 11.1 Å². The van der Waals surface area contributed by atoms with Gasteiger partial charge in [0.15, 0.2) is 5.82 Å². The zero-order valence-electron chi connectivity index (χ0n) is 18.6. The summed E-state index contributed by atoms with van der Waals surface area (Å²) in [6, 6.07) is 9.42. The Bertz CT molecular complexity index is 1390. The van der Waals surface area contributed by atoms with Gasteiger partial charge in [-0.25, -0.2) is 18.7 Å². The number of halogens is 4. The van der Waals surface area contributed by atoms with Gasteiger partial charge in [-0.2, -0.15) is 18.3 Å². The van der Waals surface area contributed by atoms with Gasteiger partial charge >= 0.3 is 12.2 Å².